The van der Waals surface area contributed by atoms with Gasteiger partial charge in [0.2, 0.25) is 0 Å². The second kappa shape index (κ2) is 5.96. The molecule has 0 atom stereocenters. The van der Waals surface area contributed by atoms with Crippen LogP contribution in [0.15, 0.2) is 27.5 Å². The summed E-state index contributed by atoms with van der Waals surface area (Å²) in [6.07, 6.45) is 0.774. The molecule has 0 spiro atoms. The molecule has 0 N–H and O–H groups in total. The van der Waals surface area contributed by atoms with Gasteiger partial charge in [-0.1, -0.05) is 22.0 Å². The van der Waals surface area contributed by atoms with Gasteiger partial charge in [-0.3, -0.25) is 9.59 Å². The summed E-state index contributed by atoms with van der Waals surface area (Å²) in [5.41, 5.74) is 0.0485. The number of carbonyl (C=O) groups excluding carboxylic acids is 2. The van der Waals surface area contributed by atoms with Crippen molar-refractivity contribution in [3.8, 4) is 0 Å². The molecule has 0 unspecified atom stereocenters. The third-order valence-electron chi connectivity index (χ3n) is 2.78. The SMILES string of the molecule is COC(=O)Cn1nc(CC=O)c2ccc(Br)cc2c1=O. The molecular weight excluding hydrogens is 328 g/mol. The van der Waals surface area contributed by atoms with Crippen LogP contribution in [0, 0.1) is 0 Å². The normalized spacial score (nSPS) is 10.5. The first-order chi connectivity index (χ1) is 9.56. The van der Waals surface area contributed by atoms with Crippen molar-refractivity contribution in [1.29, 1.82) is 0 Å². The van der Waals surface area contributed by atoms with Gasteiger partial charge in [0.05, 0.1) is 18.2 Å². The average Bonchev–Trinajstić information content (AvgIpc) is 2.44. The minimum Gasteiger partial charge on any atom is -0.468 e. The number of ether oxygens (including phenoxy) is 1. The lowest BCUT2D eigenvalue weighted by molar-refractivity contribution is -0.141. The number of benzene rings is 1. The molecule has 6 nitrogen and oxygen atoms in total. The summed E-state index contributed by atoms with van der Waals surface area (Å²) in [5, 5.41) is 5.07. The van der Waals surface area contributed by atoms with Crippen molar-refractivity contribution in [1.82, 2.24) is 9.78 Å². The molecule has 104 valence electrons. The van der Waals surface area contributed by atoms with Gasteiger partial charge in [0, 0.05) is 16.3 Å². The van der Waals surface area contributed by atoms with E-state index in [1.54, 1.807) is 18.2 Å². The maximum absolute atomic E-state index is 12.3. The Bertz CT molecular complexity index is 739. The Balaban J connectivity index is 2.70. The van der Waals surface area contributed by atoms with Gasteiger partial charge in [0.15, 0.2) is 0 Å². The number of hydrogen-bond acceptors (Lipinski definition) is 5. The van der Waals surface area contributed by atoms with Crippen molar-refractivity contribution in [2.75, 3.05) is 7.11 Å². The van der Waals surface area contributed by atoms with Crippen LogP contribution in [-0.2, 0) is 27.3 Å². The Kier molecular flexibility index (Phi) is 4.29. The molecule has 0 radical (unpaired) electrons. The van der Waals surface area contributed by atoms with E-state index in [1.807, 2.05) is 0 Å². The Labute approximate surface area is 122 Å². The quantitative estimate of drug-likeness (QED) is 0.615. The minimum atomic E-state index is -0.578. The molecule has 20 heavy (non-hydrogen) atoms. The fraction of sp³-hybridized carbons (Fsp3) is 0.231. The van der Waals surface area contributed by atoms with E-state index in [1.165, 1.54) is 7.11 Å². The number of rotatable bonds is 4. The Morgan fingerprint density at radius 3 is 2.85 bits per heavy atom. The Morgan fingerprint density at radius 1 is 1.45 bits per heavy atom. The van der Waals surface area contributed by atoms with Crippen LogP contribution in [0.2, 0.25) is 0 Å². The molecule has 0 saturated carbocycles. The summed E-state index contributed by atoms with van der Waals surface area (Å²) in [4.78, 5) is 34.3. The summed E-state index contributed by atoms with van der Waals surface area (Å²) < 4.78 is 6.27. The summed E-state index contributed by atoms with van der Waals surface area (Å²) in [5.74, 6) is -0.578. The van der Waals surface area contributed by atoms with Crippen LogP contribution in [0.5, 0.6) is 0 Å². The van der Waals surface area contributed by atoms with Crippen LogP contribution in [0.25, 0.3) is 10.8 Å². The fourth-order valence-electron chi connectivity index (χ4n) is 1.85. The lowest BCUT2D eigenvalue weighted by atomic mass is 10.1. The number of halogens is 1. The van der Waals surface area contributed by atoms with Gasteiger partial charge in [0.1, 0.15) is 12.8 Å². The van der Waals surface area contributed by atoms with Crippen molar-refractivity contribution in [2.24, 2.45) is 0 Å². The molecule has 0 aliphatic heterocycles. The van der Waals surface area contributed by atoms with Crippen molar-refractivity contribution < 1.29 is 14.3 Å². The molecule has 1 aromatic heterocycles. The summed E-state index contributed by atoms with van der Waals surface area (Å²) >= 11 is 3.29. The van der Waals surface area contributed by atoms with E-state index in [4.69, 9.17) is 0 Å². The van der Waals surface area contributed by atoms with Crippen LogP contribution < -0.4 is 5.56 Å². The van der Waals surface area contributed by atoms with Crippen LogP contribution in [0.4, 0.5) is 0 Å². The third kappa shape index (κ3) is 2.77. The van der Waals surface area contributed by atoms with E-state index >= 15 is 0 Å². The van der Waals surface area contributed by atoms with E-state index in [9.17, 15) is 14.4 Å². The zero-order valence-corrected chi connectivity index (χ0v) is 12.2. The zero-order valence-electron chi connectivity index (χ0n) is 10.6. The maximum Gasteiger partial charge on any atom is 0.327 e. The highest BCUT2D eigenvalue weighted by molar-refractivity contribution is 9.10. The van der Waals surface area contributed by atoms with Crippen LogP contribution in [-0.4, -0.2) is 29.1 Å². The van der Waals surface area contributed by atoms with Crippen LogP contribution >= 0.6 is 15.9 Å². The van der Waals surface area contributed by atoms with Gasteiger partial charge in [0.25, 0.3) is 5.56 Å². The minimum absolute atomic E-state index is 0.0690. The highest BCUT2D eigenvalue weighted by atomic mass is 79.9. The molecule has 0 bridgehead atoms. The topological polar surface area (TPSA) is 78.3 Å². The number of aldehydes is 1. The number of nitrogens with zero attached hydrogens (tertiary/aromatic N) is 2. The van der Waals surface area contributed by atoms with Crippen molar-refractivity contribution in [2.45, 2.75) is 13.0 Å². The number of aromatic nitrogens is 2. The Hall–Kier alpha value is -2.02. The van der Waals surface area contributed by atoms with Crippen LogP contribution in [0.3, 0.4) is 0 Å². The van der Waals surface area contributed by atoms with E-state index in [-0.39, 0.29) is 13.0 Å². The summed E-state index contributed by atoms with van der Waals surface area (Å²) in [6.45, 7) is -0.288. The van der Waals surface area contributed by atoms with Gasteiger partial charge in [-0.05, 0) is 12.1 Å². The molecule has 7 heteroatoms. The highest BCUT2D eigenvalue weighted by Crippen LogP contribution is 2.19. The van der Waals surface area contributed by atoms with Gasteiger partial charge in [-0.15, -0.1) is 0 Å². The standard InChI is InChI=1S/C13H11BrN2O4/c1-20-12(18)7-16-13(19)10-6-8(14)2-3-9(10)11(15-16)4-5-17/h2-3,5-6H,4,7H2,1H3. The van der Waals surface area contributed by atoms with E-state index in [0.717, 1.165) is 9.15 Å². The number of fused-ring (bicyclic) bond motifs is 1. The van der Waals surface area contributed by atoms with E-state index in [2.05, 4.69) is 25.8 Å². The van der Waals surface area contributed by atoms with Crippen molar-refractivity contribution >= 4 is 39.0 Å². The molecule has 0 saturated heterocycles. The molecule has 2 aromatic rings. The number of carbonyl (C=O) groups is 2. The molecule has 1 aromatic carbocycles. The van der Waals surface area contributed by atoms with Crippen molar-refractivity contribution in [3.05, 3.63) is 38.7 Å². The lowest BCUT2D eigenvalue weighted by Crippen LogP contribution is -2.28. The zero-order chi connectivity index (χ0) is 14.7. The summed E-state index contributed by atoms with van der Waals surface area (Å²) in [7, 11) is 1.23. The molecular formula is C13H11BrN2O4. The smallest absolute Gasteiger partial charge is 0.327 e. The lowest BCUT2D eigenvalue weighted by Gasteiger charge is -2.09. The number of esters is 1. The van der Waals surface area contributed by atoms with Gasteiger partial charge >= 0.3 is 5.97 Å². The van der Waals surface area contributed by atoms with E-state index in [0.29, 0.717) is 22.8 Å². The van der Waals surface area contributed by atoms with Gasteiger partial charge < -0.3 is 9.53 Å². The third-order valence-corrected chi connectivity index (χ3v) is 3.28. The average molecular weight is 339 g/mol. The molecule has 0 aliphatic rings. The van der Waals surface area contributed by atoms with Gasteiger partial charge in [-0.25, -0.2) is 4.68 Å². The fourth-order valence-corrected chi connectivity index (χ4v) is 2.21. The monoisotopic (exact) mass is 338 g/mol. The van der Waals surface area contributed by atoms with Crippen molar-refractivity contribution in [3.63, 3.8) is 0 Å². The van der Waals surface area contributed by atoms with E-state index < -0.39 is 11.5 Å². The van der Waals surface area contributed by atoms with Gasteiger partial charge in [-0.2, -0.15) is 5.10 Å². The number of hydrogen-bond donors (Lipinski definition) is 0. The second-order valence-electron chi connectivity index (χ2n) is 4.05. The first kappa shape index (κ1) is 14.4. The number of methoxy groups -OCH3 is 1. The first-order valence-electron chi connectivity index (χ1n) is 5.76. The van der Waals surface area contributed by atoms with Crippen LogP contribution in [0.1, 0.15) is 5.69 Å². The molecule has 1 heterocycles. The predicted octanol–water partition coefficient (Wildman–Crippen LogP) is 1.07. The predicted molar refractivity (Wildman–Crippen MR) is 75.5 cm³/mol. The largest absolute Gasteiger partial charge is 0.468 e. The molecule has 2 rings (SSSR count). The first-order valence-corrected chi connectivity index (χ1v) is 6.56. The molecule has 0 amide bonds. The highest BCUT2D eigenvalue weighted by Gasteiger charge is 2.13. The maximum atomic E-state index is 12.3. The Morgan fingerprint density at radius 2 is 2.20 bits per heavy atom. The molecule has 0 aliphatic carbocycles. The summed E-state index contributed by atoms with van der Waals surface area (Å²) in [6, 6.07) is 5.12. The molecule has 0 fully saturated rings. The second-order valence-corrected chi connectivity index (χ2v) is 4.96.